The van der Waals surface area contributed by atoms with E-state index in [2.05, 4.69) is 11.4 Å². The molecular formula is C20H25NO4S. The summed E-state index contributed by atoms with van der Waals surface area (Å²) >= 11 is 1.37. The van der Waals surface area contributed by atoms with Crippen LogP contribution in [0.1, 0.15) is 44.4 Å². The van der Waals surface area contributed by atoms with Crippen molar-refractivity contribution in [3.63, 3.8) is 0 Å². The van der Waals surface area contributed by atoms with Gasteiger partial charge in [0.15, 0.2) is 0 Å². The minimum absolute atomic E-state index is 0.0778. The van der Waals surface area contributed by atoms with Gasteiger partial charge in [0.2, 0.25) is 0 Å². The molecule has 26 heavy (non-hydrogen) atoms. The monoisotopic (exact) mass is 375 g/mol. The number of carbonyl (C=O) groups is 2. The summed E-state index contributed by atoms with van der Waals surface area (Å²) in [7, 11) is 0. The molecule has 0 fully saturated rings. The molecule has 2 aromatic rings. The van der Waals surface area contributed by atoms with Gasteiger partial charge < -0.3 is 14.8 Å². The molecule has 1 heterocycles. The molecule has 0 unspecified atom stereocenters. The molecule has 1 aromatic carbocycles. The Morgan fingerprint density at radius 2 is 1.88 bits per heavy atom. The van der Waals surface area contributed by atoms with Gasteiger partial charge in [-0.2, -0.15) is 0 Å². The molecule has 0 atom stereocenters. The molecule has 6 heteroatoms. The van der Waals surface area contributed by atoms with Crippen LogP contribution in [0, 0.1) is 27.7 Å². The number of hydrogen-bond donors (Lipinski definition) is 1. The third kappa shape index (κ3) is 4.93. The predicted octanol–water partition coefficient (Wildman–Crippen LogP) is 4.31. The van der Waals surface area contributed by atoms with Crippen molar-refractivity contribution < 1.29 is 19.1 Å². The van der Waals surface area contributed by atoms with E-state index in [1.54, 1.807) is 6.92 Å². The highest BCUT2D eigenvalue weighted by molar-refractivity contribution is 7.16. The molecule has 0 aliphatic rings. The zero-order chi connectivity index (χ0) is 19.3. The maximum Gasteiger partial charge on any atom is 0.341 e. The molecule has 2 rings (SSSR count). The smallest absolute Gasteiger partial charge is 0.341 e. The molecule has 0 radical (unpaired) electrons. The van der Waals surface area contributed by atoms with Crippen LogP contribution in [0.4, 0.5) is 5.00 Å². The fourth-order valence-corrected chi connectivity index (χ4v) is 3.65. The minimum atomic E-state index is -0.416. The van der Waals surface area contributed by atoms with Crippen molar-refractivity contribution in [3.8, 4) is 0 Å². The number of anilines is 1. The number of nitrogens with one attached hydrogen (secondary N) is 1. The zero-order valence-electron chi connectivity index (χ0n) is 15.9. The molecule has 0 aliphatic carbocycles. The summed E-state index contributed by atoms with van der Waals surface area (Å²) in [6.45, 7) is 10.2. The highest BCUT2D eigenvalue weighted by Crippen LogP contribution is 2.33. The van der Waals surface area contributed by atoms with Crippen LogP contribution in [-0.4, -0.2) is 25.1 Å². The Morgan fingerprint density at radius 1 is 1.15 bits per heavy atom. The highest BCUT2D eigenvalue weighted by atomic mass is 32.1. The van der Waals surface area contributed by atoms with Crippen molar-refractivity contribution in [1.29, 1.82) is 0 Å². The zero-order valence-corrected chi connectivity index (χ0v) is 16.7. The van der Waals surface area contributed by atoms with Crippen LogP contribution in [0.5, 0.6) is 0 Å². The molecule has 1 N–H and O–H groups in total. The molecule has 0 spiro atoms. The first-order valence-corrected chi connectivity index (χ1v) is 9.36. The number of thiophene rings is 1. The van der Waals surface area contributed by atoms with E-state index in [0.29, 0.717) is 23.8 Å². The van der Waals surface area contributed by atoms with Gasteiger partial charge in [-0.05, 0) is 51.3 Å². The number of rotatable bonds is 7. The summed E-state index contributed by atoms with van der Waals surface area (Å²) in [4.78, 5) is 25.3. The quantitative estimate of drug-likeness (QED) is 0.732. The van der Waals surface area contributed by atoms with Gasteiger partial charge >= 0.3 is 5.97 Å². The van der Waals surface area contributed by atoms with Gasteiger partial charge in [0, 0.05) is 4.88 Å². The first kappa shape index (κ1) is 20.1. The Bertz CT molecular complexity index is 810. The second-order valence-corrected chi connectivity index (χ2v) is 7.40. The van der Waals surface area contributed by atoms with Gasteiger partial charge in [-0.1, -0.05) is 23.8 Å². The molecule has 0 saturated carbocycles. The Kier molecular flexibility index (Phi) is 6.94. The molecule has 0 saturated heterocycles. The summed E-state index contributed by atoms with van der Waals surface area (Å²) in [5.41, 5.74) is 4.65. The standard InChI is InChI=1S/C20H25NO4S/c1-6-25-20(23)18-14(4)15(5)26-19(18)21-17(22)11-24-10-16-8-7-12(2)9-13(16)3/h7-9H,6,10-11H2,1-5H3,(H,21,22). The summed E-state index contributed by atoms with van der Waals surface area (Å²) in [6, 6.07) is 6.11. The average Bonchev–Trinajstić information content (AvgIpc) is 2.84. The molecule has 1 amide bonds. The fraction of sp³-hybridized carbons (Fsp3) is 0.400. The van der Waals surface area contributed by atoms with Crippen LogP contribution < -0.4 is 5.32 Å². The summed E-state index contributed by atoms with van der Waals surface area (Å²) in [6.07, 6.45) is 0. The third-order valence-electron chi connectivity index (χ3n) is 4.11. The van der Waals surface area contributed by atoms with Crippen molar-refractivity contribution in [2.24, 2.45) is 0 Å². The topological polar surface area (TPSA) is 64.6 Å². The summed E-state index contributed by atoms with van der Waals surface area (Å²) in [5.74, 6) is -0.706. The Morgan fingerprint density at radius 3 is 2.54 bits per heavy atom. The molecule has 140 valence electrons. The largest absolute Gasteiger partial charge is 0.462 e. The number of ether oxygens (including phenoxy) is 2. The van der Waals surface area contributed by atoms with E-state index in [0.717, 1.165) is 21.6 Å². The number of carbonyl (C=O) groups excluding carboxylic acids is 2. The Labute approximate surface area is 158 Å². The second-order valence-electron chi connectivity index (χ2n) is 6.18. The van der Waals surface area contributed by atoms with Gasteiger partial charge in [0.25, 0.3) is 5.91 Å². The van der Waals surface area contributed by atoms with E-state index in [4.69, 9.17) is 9.47 Å². The minimum Gasteiger partial charge on any atom is -0.462 e. The van der Waals surface area contributed by atoms with Crippen molar-refractivity contribution in [2.75, 3.05) is 18.5 Å². The molecule has 5 nitrogen and oxygen atoms in total. The maximum atomic E-state index is 12.2. The number of hydrogen-bond acceptors (Lipinski definition) is 5. The SMILES string of the molecule is CCOC(=O)c1c(NC(=O)COCc2ccc(C)cc2C)sc(C)c1C. The van der Waals surface area contributed by atoms with Crippen LogP contribution in [0.25, 0.3) is 0 Å². The van der Waals surface area contributed by atoms with Crippen molar-refractivity contribution in [1.82, 2.24) is 0 Å². The average molecular weight is 375 g/mol. The lowest BCUT2D eigenvalue weighted by atomic mass is 10.1. The lowest BCUT2D eigenvalue weighted by molar-refractivity contribution is -0.121. The van der Waals surface area contributed by atoms with E-state index in [9.17, 15) is 9.59 Å². The van der Waals surface area contributed by atoms with Crippen LogP contribution in [-0.2, 0) is 20.9 Å². The summed E-state index contributed by atoms with van der Waals surface area (Å²) in [5, 5.41) is 3.29. The molecule has 1 aromatic heterocycles. The summed E-state index contributed by atoms with van der Waals surface area (Å²) < 4.78 is 10.6. The Balaban J connectivity index is 1.97. The van der Waals surface area contributed by atoms with Gasteiger partial charge in [-0.15, -0.1) is 11.3 Å². The van der Waals surface area contributed by atoms with Crippen molar-refractivity contribution >= 4 is 28.2 Å². The molecule has 0 aliphatic heterocycles. The van der Waals surface area contributed by atoms with Gasteiger partial charge in [0.05, 0.1) is 18.8 Å². The lowest BCUT2D eigenvalue weighted by Gasteiger charge is -2.09. The van der Waals surface area contributed by atoms with Crippen LogP contribution >= 0.6 is 11.3 Å². The normalized spacial score (nSPS) is 10.7. The van der Waals surface area contributed by atoms with E-state index in [1.165, 1.54) is 16.9 Å². The van der Waals surface area contributed by atoms with E-state index >= 15 is 0 Å². The van der Waals surface area contributed by atoms with Crippen molar-refractivity contribution in [2.45, 2.75) is 41.2 Å². The van der Waals surface area contributed by atoms with Gasteiger partial charge in [-0.3, -0.25) is 4.79 Å². The number of aryl methyl sites for hydroxylation is 3. The van der Waals surface area contributed by atoms with E-state index in [1.807, 2.05) is 39.8 Å². The maximum absolute atomic E-state index is 12.2. The first-order valence-electron chi connectivity index (χ1n) is 8.54. The van der Waals surface area contributed by atoms with Crippen LogP contribution in [0.15, 0.2) is 18.2 Å². The number of amides is 1. The number of benzene rings is 1. The molecular weight excluding hydrogens is 350 g/mol. The molecule has 0 bridgehead atoms. The van der Waals surface area contributed by atoms with Crippen LogP contribution in [0.2, 0.25) is 0 Å². The van der Waals surface area contributed by atoms with Gasteiger partial charge in [-0.25, -0.2) is 4.79 Å². The predicted molar refractivity (Wildman–Crippen MR) is 104 cm³/mol. The fourth-order valence-electron chi connectivity index (χ4n) is 2.59. The van der Waals surface area contributed by atoms with Crippen LogP contribution in [0.3, 0.4) is 0 Å². The lowest BCUT2D eigenvalue weighted by Crippen LogP contribution is -2.19. The first-order chi connectivity index (χ1) is 12.3. The van der Waals surface area contributed by atoms with Crippen molar-refractivity contribution in [3.05, 3.63) is 50.9 Å². The number of esters is 1. The van der Waals surface area contributed by atoms with E-state index < -0.39 is 5.97 Å². The second kappa shape index (κ2) is 8.96. The van der Waals surface area contributed by atoms with E-state index in [-0.39, 0.29) is 12.5 Å². The third-order valence-corrected chi connectivity index (χ3v) is 5.23. The Hall–Kier alpha value is -2.18. The highest BCUT2D eigenvalue weighted by Gasteiger charge is 2.22. The van der Waals surface area contributed by atoms with Gasteiger partial charge in [0.1, 0.15) is 11.6 Å².